The molecule has 1 aromatic heterocycles. The Morgan fingerprint density at radius 1 is 1.05 bits per heavy atom. The Morgan fingerprint density at radius 3 is 2.21 bits per heavy atom. The summed E-state index contributed by atoms with van der Waals surface area (Å²) in [6.45, 7) is 10.3. The van der Waals surface area contributed by atoms with Crippen LogP contribution in [0.2, 0.25) is 0 Å². The van der Waals surface area contributed by atoms with E-state index in [4.69, 9.17) is 19.8 Å². The Morgan fingerprint density at radius 2 is 1.63 bits per heavy atom. The number of anilines is 1. The van der Waals surface area contributed by atoms with Gasteiger partial charge >= 0.3 is 13.2 Å². The summed E-state index contributed by atoms with van der Waals surface area (Å²) >= 11 is 0. The number of rotatable bonds is 6. The molecule has 0 bridgehead atoms. The third kappa shape index (κ3) is 4.94. The lowest BCUT2D eigenvalue weighted by molar-refractivity contribution is 0.00578. The van der Waals surface area contributed by atoms with Crippen molar-refractivity contribution in [1.29, 1.82) is 0 Å². The van der Waals surface area contributed by atoms with Crippen molar-refractivity contribution in [3.05, 3.63) is 88.7 Å². The number of carbonyl (C=O) groups excluding carboxylic acids is 1. The zero-order valence-corrected chi connectivity index (χ0v) is 22.6. The number of carbonyl (C=O) groups is 1. The Bertz CT molecular complexity index is 1340. The lowest BCUT2D eigenvalue weighted by atomic mass is 9.77. The fraction of sp³-hybridized carbons (Fsp3) is 0.333. The van der Waals surface area contributed by atoms with Gasteiger partial charge in [0.25, 0.3) is 0 Å². The minimum Gasteiger partial charge on any atom is -0.449 e. The monoisotopic (exact) mass is 511 g/mol. The minimum atomic E-state index is -0.646. The standard InChI is InChI=1S/C30H34BN3O4/c1-19-14-21(32)17-33-27(19)15-20(31-37-29(2,3)30(4,5)38-31)16-34-28(35)36-18-26-24-12-8-6-10-22(24)23-11-7-9-13-25(23)26/h6-15,17,26H,16,18,32H2,1-5H3,(H,34,35). The highest BCUT2D eigenvalue weighted by Gasteiger charge is 2.52. The van der Waals surface area contributed by atoms with E-state index in [0.29, 0.717) is 5.69 Å². The van der Waals surface area contributed by atoms with Crippen molar-refractivity contribution >= 4 is 25.0 Å². The van der Waals surface area contributed by atoms with E-state index in [1.165, 1.54) is 22.3 Å². The molecule has 0 unspecified atom stereocenters. The number of aromatic nitrogens is 1. The second-order valence-corrected chi connectivity index (χ2v) is 11.0. The SMILES string of the molecule is Cc1cc(N)cnc1C=C(CNC(=O)OCC1c2ccccc2-c2ccccc21)B1OC(C)(C)C(C)(C)O1. The molecule has 1 aliphatic heterocycles. The van der Waals surface area contributed by atoms with Crippen LogP contribution in [0.25, 0.3) is 17.2 Å². The van der Waals surface area contributed by atoms with Gasteiger partial charge in [0.2, 0.25) is 0 Å². The second-order valence-electron chi connectivity index (χ2n) is 11.0. The number of amides is 1. The molecule has 0 saturated carbocycles. The van der Waals surface area contributed by atoms with Gasteiger partial charge in [-0.25, -0.2) is 4.79 Å². The van der Waals surface area contributed by atoms with Crippen molar-refractivity contribution in [3.8, 4) is 11.1 Å². The normalized spacial score (nSPS) is 17.7. The number of nitrogen functional groups attached to an aromatic ring is 1. The van der Waals surface area contributed by atoms with E-state index in [9.17, 15) is 4.79 Å². The number of benzene rings is 2. The average molecular weight is 511 g/mol. The summed E-state index contributed by atoms with van der Waals surface area (Å²) in [6, 6.07) is 18.4. The maximum atomic E-state index is 12.9. The van der Waals surface area contributed by atoms with Crippen LogP contribution in [-0.4, -0.2) is 42.5 Å². The van der Waals surface area contributed by atoms with Gasteiger partial charge < -0.3 is 25.1 Å². The predicted octanol–water partition coefficient (Wildman–Crippen LogP) is 5.53. The fourth-order valence-corrected chi connectivity index (χ4v) is 4.95. The molecule has 1 amide bonds. The Kier molecular flexibility index (Phi) is 6.80. The Labute approximate surface area is 224 Å². The fourth-order valence-electron chi connectivity index (χ4n) is 4.95. The number of pyridine rings is 1. The number of hydrogen-bond acceptors (Lipinski definition) is 6. The molecule has 196 valence electrons. The van der Waals surface area contributed by atoms with Gasteiger partial charge in [0, 0.05) is 12.5 Å². The maximum Gasteiger partial charge on any atom is 0.492 e. The van der Waals surface area contributed by atoms with Crippen LogP contribution in [0.4, 0.5) is 10.5 Å². The number of nitrogens with one attached hydrogen (secondary N) is 1. The summed E-state index contributed by atoms with van der Waals surface area (Å²) in [5.74, 6) is -0.00659. The van der Waals surface area contributed by atoms with Crippen LogP contribution in [0.1, 0.15) is 56.0 Å². The Balaban J connectivity index is 1.31. The molecule has 2 aromatic carbocycles. The average Bonchev–Trinajstić information content (AvgIpc) is 3.30. The molecule has 2 aliphatic rings. The van der Waals surface area contributed by atoms with Crippen LogP contribution in [0.5, 0.6) is 0 Å². The van der Waals surface area contributed by atoms with Crippen LogP contribution in [0.15, 0.2) is 66.3 Å². The zero-order chi connectivity index (χ0) is 27.1. The molecule has 0 atom stereocenters. The van der Waals surface area contributed by atoms with Gasteiger partial charge in [0.15, 0.2) is 0 Å². The van der Waals surface area contributed by atoms with Crippen LogP contribution in [0, 0.1) is 6.92 Å². The van der Waals surface area contributed by atoms with Crippen molar-refractivity contribution in [3.63, 3.8) is 0 Å². The van der Waals surface area contributed by atoms with Gasteiger partial charge in [-0.1, -0.05) is 48.5 Å². The van der Waals surface area contributed by atoms with Crippen molar-refractivity contribution in [2.24, 2.45) is 0 Å². The number of fused-ring (bicyclic) bond motifs is 3. The number of nitrogens with two attached hydrogens (primary N) is 1. The first-order valence-corrected chi connectivity index (χ1v) is 12.9. The molecular weight excluding hydrogens is 477 g/mol. The molecule has 1 fully saturated rings. The molecule has 0 spiro atoms. The van der Waals surface area contributed by atoms with Crippen LogP contribution in [0.3, 0.4) is 0 Å². The highest BCUT2D eigenvalue weighted by Crippen LogP contribution is 2.44. The summed E-state index contributed by atoms with van der Waals surface area (Å²) < 4.78 is 18.3. The van der Waals surface area contributed by atoms with E-state index in [1.54, 1.807) is 6.20 Å². The first kappa shape index (κ1) is 26.0. The maximum absolute atomic E-state index is 12.9. The molecule has 7 nitrogen and oxygen atoms in total. The van der Waals surface area contributed by atoms with Gasteiger partial charge in [-0.15, -0.1) is 0 Å². The molecule has 0 radical (unpaired) electrons. The first-order chi connectivity index (χ1) is 18.1. The molecule has 2 heterocycles. The summed E-state index contributed by atoms with van der Waals surface area (Å²) in [7, 11) is -0.646. The van der Waals surface area contributed by atoms with Crippen molar-refractivity contribution in [2.45, 2.75) is 51.7 Å². The second kappa shape index (κ2) is 9.93. The van der Waals surface area contributed by atoms with E-state index >= 15 is 0 Å². The summed E-state index contributed by atoms with van der Waals surface area (Å²) in [5, 5.41) is 2.90. The number of ether oxygens (including phenoxy) is 1. The van der Waals surface area contributed by atoms with Crippen molar-refractivity contribution < 1.29 is 18.8 Å². The topological polar surface area (TPSA) is 95.7 Å². The van der Waals surface area contributed by atoms with Crippen LogP contribution >= 0.6 is 0 Å². The zero-order valence-electron chi connectivity index (χ0n) is 22.6. The van der Waals surface area contributed by atoms with Gasteiger partial charge in [-0.3, -0.25) is 4.98 Å². The van der Waals surface area contributed by atoms with Gasteiger partial charge in [0.05, 0.1) is 28.8 Å². The van der Waals surface area contributed by atoms with Crippen molar-refractivity contribution in [2.75, 3.05) is 18.9 Å². The highest BCUT2D eigenvalue weighted by atomic mass is 16.7. The number of hydrogen-bond donors (Lipinski definition) is 2. The number of aryl methyl sites for hydroxylation is 1. The lowest BCUT2D eigenvalue weighted by Gasteiger charge is -2.32. The predicted molar refractivity (Wildman–Crippen MR) is 151 cm³/mol. The molecular formula is C30H34BN3O4. The third-order valence-electron chi connectivity index (χ3n) is 7.80. The van der Waals surface area contributed by atoms with Crippen LogP contribution in [-0.2, 0) is 14.0 Å². The van der Waals surface area contributed by atoms with E-state index in [1.807, 2.05) is 71.0 Å². The molecule has 3 N–H and O–H groups in total. The van der Waals surface area contributed by atoms with Gasteiger partial charge in [0.1, 0.15) is 6.61 Å². The van der Waals surface area contributed by atoms with E-state index < -0.39 is 24.4 Å². The molecule has 8 heteroatoms. The van der Waals surface area contributed by atoms with Gasteiger partial charge in [-0.05, 0) is 80.1 Å². The Hall–Kier alpha value is -3.62. The van der Waals surface area contributed by atoms with E-state index in [-0.39, 0.29) is 19.1 Å². The third-order valence-corrected chi connectivity index (χ3v) is 7.80. The number of nitrogens with zero attached hydrogens (tertiary/aromatic N) is 1. The molecule has 1 aliphatic carbocycles. The summed E-state index contributed by atoms with van der Waals surface area (Å²) in [5.41, 5.74) is 12.5. The molecule has 5 rings (SSSR count). The largest absolute Gasteiger partial charge is 0.492 e. The quantitative estimate of drug-likeness (QED) is 0.423. The smallest absolute Gasteiger partial charge is 0.449 e. The highest BCUT2D eigenvalue weighted by molar-refractivity contribution is 6.56. The van der Waals surface area contributed by atoms with E-state index in [2.05, 4.69) is 34.6 Å². The lowest BCUT2D eigenvalue weighted by Crippen LogP contribution is -2.41. The van der Waals surface area contributed by atoms with Gasteiger partial charge in [-0.2, -0.15) is 0 Å². The number of alkyl carbamates (subject to hydrolysis) is 1. The minimum absolute atomic E-state index is 0.00659. The van der Waals surface area contributed by atoms with Crippen LogP contribution < -0.4 is 11.1 Å². The molecule has 3 aromatic rings. The first-order valence-electron chi connectivity index (χ1n) is 12.9. The van der Waals surface area contributed by atoms with E-state index in [0.717, 1.165) is 16.7 Å². The summed E-state index contributed by atoms with van der Waals surface area (Å²) in [4.78, 5) is 17.4. The summed E-state index contributed by atoms with van der Waals surface area (Å²) in [6.07, 6.45) is 3.00. The van der Waals surface area contributed by atoms with Crippen molar-refractivity contribution in [1.82, 2.24) is 10.3 Å². The molecule has 1 saturated heterocycles. The molecule has 38 heavy (non-hydrogen) atoms.